The molecule has 0 bridgehead atoms. The van der Waals surface area contributed by atoms with Gasteiger partial charge in [-0.25, -0.2) is 9.07 Å². The molecule has 37 heavy (non-hydrogen) atoms. The number of carbonyl (C=O) groups excluding carboxylic acids is 1. The largest absolute Gasteiger partial charge is 0.481 e. The van der Waals surface area contributed by atoms with Crippen LogP contribution in [0.5, 0.6) is 5.88 Å². The number of hydrogen-bond donors (Lipinski definition) is 3. The highest BCUT2D eigenvalue weighted by molar-refractivity contribution is 6.35. The van der Waals surface area contributed by atoms with Crippen LogP contribution in [-0.4, -0.2) is 44.1 Å². The van der Waals surface area contributed by atoms with Crippen molar-refractivity contribution in [3.05, 3.63) is 75.7 Å². The average Bonchev–Trinajstić information content (AvgIpc) is 3.21. The van der Waals surface area contributed by atoms with Crippen LogP contribution in [0.1, 0.15) is 56.2 Å². The van der Waals surface area contributed by atoms with Gasteiger partial charge in [0, 0.05) is 16.1 Å². The molecule has 0 aliphatic rings. The Morgan fingerprint density at radius 1 is 1.11 bits per heavy atom. The second kappa shape index (κ2) is 11.1. The van der Waals surface area contributed by atoms with Gasteiger partial charge in [-0.3, -0.25) is 9.59 Å². The molecule has 2 atom stereocenters. The number of amides is 1. The van der Waals surface area contributed by atoms with Crippen molar-refractivity contribution in [2.75, 3.05) is 6.61 Å². The van der Waals surface area contributed by atoms with Gasteiger partial charge in [0.15, 0.2) is 5.69 Å². The quantitative estimate of drug-likeness (QED) is 0.326. The summed E-state index contributed by atoms with van der Waals surface area (Å²) in [6, 6.07) is 10.3. The Labute approximate surface area is 224 Å². The number of ether oxygens (including phenoxy) is 1. The molecule has 2 aromatic carbocycles. The molecule has 0 unspecified atom stereocenters. The van der Waals surface area contributed by atoms with E-state index in [4.69, 9.17) is 27.9 Å². The molecule has 0 fully saturated rings. The van der Waals surface area contributed by atoms with Gasteiger partial charge >= 0.3 is 5.97 Å². The fraction of sp³-hybridized carbons (Fsp3) is 0.346. The molecule has 1 heterocycles. The molecule has 1 amide bonds. The summed E-state index contributed by atoms with van der Waals surface area (Å²) < 4.78 is 20.7. The van der Waals surface area contributed by atoms with Gasteiger partial charge in [0.1, 0.15) is 18.0 Å². The number of aliphatic hydroxyl groups is 1. The molecule has 11 heteroatoms. The second-order valence-electron chi connectivity index (χ2n) is 9.86. The monoisotopic (exact) mass is 551 g/mol. The van der Waals surface area contributed by atoms with Crippen molar-refractivity contribution in [2.24, 2.45) is 5.41 Å². The number of benzene rings is 2. The molecular weight excluding hydrogens is 524 g/mol. The fourth-order valence-electron chi connectivity index (χ4n) is 3.21. The second-order valence-corrected chi connectivity index (χ2v) is 10.7. The Hall–Kier alpha value is -3.14. The maximum absolute atomic E-state index is 13.5. The van der Waals surface area contributed by atoms with Gasteiger partial charge in [0.2, 0.25) is 5.88 Å². The molecule has 0 spiro atoms. The third-order valence-electron chi connectivity index (χ3n) is 6.12. The van der Waals surface area contributed by atoms with Crippen LogP contribution in [0.3, 0.4) is 0 Å². The highest BCUT2D eigenvalue weighted by Crippen LogP contribution is 2.32. The van der Waals surface area contributed by atoms with E-state index in [1.807, 2.05) is 20.8 Å². The van der Waals surface area contributed by atoms with E-state index in [1.165, 1.54) is 41.1 Å². The fourth-order valence-corrected chi connectivity index (χ4v) is 3.75. The Morgan fingerprint density at radius 3 is 2.32 bits per heavy atom. The van der Waals surface area contributed by atoms with E-state index in [9.17, 15) is 24.2 Å². The van der Waals surface area contributed by atoms with Crippen LogP contribution in [0.15, 0.2) is 48.5 Å². The molecule has 0 saturated heterocycles. The van der Waals surface area contributed by atoms with E-state index in [0.29, 0.717) is 16.3 Å². The highest BCUT2D eigenvalue weighted by atomic mass is 35.5. The predicted molar refractivity (Wildman–Crippen MR) is 138 cm³/mol. The molecule has 3 rings (SSSR count). The number of nitrogens with one attached hydrogen (secondary N) is 1. The van der Waals surface area contributed by atoms with Gasteiger partial charge in [0.25, 0.3) is 5.91 Å². The van der Waals surface area contributed by atoms with Crippen LogP contribution < -0.4 is 10.1 Å². The summed E-state index contributed by atoms with van der Waals surface area (Å²) in [5.74, 6) is -2.17. The summed E-state index contributed by atoms with van der Waals surface area (Å²) in [6.45, 7) is 7.09. The molecule has 198 valence electrons. The SMILES string of the molecule is CC(C)(C)[C@@](C)(O)COc1cc(C(=O)N[C@@H](CC(=O)O)c2ccc(Cl)cc2Cl)nn1-c1ccc(F)cc1. The molecule has 0 radical (unpaired) electrons. The standard InChI is InChI=1S/C26H28Cl2FN3O5/c1-25(2,3)26(4,36)14-37-22-12-21(31-32(22)17-8-6-16(29)7-9-17)24(35)30-20(13-23(33)34)18-10-5-15(27)11-19(18)28/h5-12,20,36H,13-14H2,1-4H3,(H,30,35)(H,33,34)/t20-,26-/m0/s1. The van der Waals surface area contributed by atoms with Crippen LogP contribution >= 0.6 is 23.2 Å². The van der Waals surface area contributed by atoms with Crippen molar-refractivity contribution in [1.82, 2.24) is 15.1 Å². The zero-order valence-electron chi connectivity index (χ0n) is 20.8. The summed E-state index contributed by atoms with van der Waals surface area (Å²) in [5.41, 5.74) is -1.05. The lowest BCUT2D eigenvalue weighted by molar-refractivity contribution is -0.137. The summed E-state index contributed by atoms with van der Waals surface area (Å²) in [6.07, 6.45) is -0.441. The van der Waals surface area contributed by atoms with Crippen molar-refractivity contribution in [1.29, 1.82) is 0 Å². The van der Waals surface area contributed by atoms with Gasteiger partial charge in [-0.15, -0.1) is 0 Å². The number of carboxylic acids is 1. The maximum Gasteiger partial charge on any atom is 0.305 e. The van der Waals surface area contributed by atoms with Gasteiger partial charge < -0.3 is 20.3 Å². The van der Waals surface area contributed by atoms with Crippen LogP contribution in [0.4, 0.5) is 4.39 Å². The summed E-state index contributed by atoms with van der Waals surface area (Å²) in [7, 11) is 0. The molecule has 0 aliphatic heterocycles. The van der Waals surface area contributed by atoms with Crippen molar-refractivity contribution < 1.29 is 28.9 Å². The first-order valence-corrected chi connectivity index (χ1v) is 12.1. The number of carboxylic acid groups (broad SMARTS) is 1. The van der Waals surface area contributed by atoms with Crippen LogP contribution in [0.2, 0.25) is 10.0 Å². The minimum Gasteiger partial charge on any atom is -0.481 e. The highest BCUT2D eigenvalue weighted by Gasteiger charge is 2.36. The normalized spacial score (nSPS) is 14.1. The first-order chi connectivity index (χ1) is 17.2. The zero-order chi connectivity index (χ0) is 27.5. The zero-order valence-corrected chi connectivity index (χ0v) is 22.3. The number of carbonyl (C=O) groups is 2. The van der Waals surface area contributed by atoms with E-state index in [0.717, 1.165) is 0 Å². The Bertz CT molecular complexity index is 1290. The number of aromatic nitrogens is 2. The Kier molecular flexibility index (Phi) is 8.52. The third-order valence-corrected chi connectivity index (χ3v) is 6.68. The maximum atomic E-state index is 13.5. The van der Waals surface area contributed by atoms with E-state index >= 15 is 0 Å². The van der Waals surface area contributed by atoms with Crippen molar-refractivity contribution in [3.8, 4) is 11.6 Å². The van der Waals surface area contributed by atoms with Gasteiger partial charge in [0.05, 0.1) is 18.2 Å². The number of aliphatic carboxylic acids is 1. The first kappa shape index (κ1) is 28.4. The molecule has 1 aromatic heterocycles. The van der Waals surface area contributed by atoms with Gasteiger partial charge in [-0.1, -0.05) is 50.0 Å². The van der Waals surface area contributed by atoms with Gasteiger partial charge in [-0.05, 0) is 54.3 Å². The smallest absolute Gasteiger partial charge is 0.305 e. The van der Waals surface area contributed by atoms with Gasteiger partial charge in [-0.2, -0.15) is 5.10 Å². The van der Waals surface area contributed by atoms with Crippen molar-refractivity contribution in [2.45, 2.75) is 45.8 Å². The van der Waals surface area contributed by atoms with Crippen LogP contribution in [0.25, 0.3) is 5.69 Å². The van der Waals surface area contributed by atoms with Crippen molar-refractivity contribution >= 4 is 35.1 Å². The number of halogens is 3. The Morgan fingerprint density at radius 2 is 1.76 bits per heavy atom. The molecule has 0 saturated carbocycles. The van der Waals surface area contributed by atoms with E-state index < -0.39 is 41.2 Å². The summed E-state index contributed by atoms with van der Waals surface area (Å²) in [4.78, 5) is 24.7. The molecule has 8 nitrogen and oxygen atoms in total. The lowest BCUT2D eigenvalue weighted by atomic mass is 9.78. The molecular formula is C26H28Cl2FN3O5. The first-order valence-electron chi connectivity index (χ1n) is 11.4. The van der Waals surface area contributed by atoms with E-state index in [1.54, 1.807) is 19.1 Å². The van der Waals surface area contributed by atoms with Crippen molar-refractivity contribution in [3.63, 3.8) is 0 Å². The van der Waals surface area contributed by atoms with Crippen LogP contribution in [0, 0.1) is 11.2 Å². The number of nitrogens with zero attached hydrogens (tertiary/aromatic N) is 2. The van der Waals surface area contributed by atoms with E-state index in [2.05, 4.69) is 10.4 Å². The average molecular weight is 552 g/mol. The minimum atomic E-state index is -1.23. The molecule has 3 N–H and O–H groups in total. The lowest BCUT2D eigenvalue weighted by Gasteiger charge is -2.36. The summed E-state index contributed by atoms with van der Waals surface area (Å²) in [5, 5.41) is 27.8. The topological polar surface area (TPSA) is 114 Å². The van der Waals surface area contributed by atoms with E-state index in [-0.39, 0.29) is 23.2 Å². The minimum absolute atomic E-state index is 0.0878. The number of hydrogen-bond acceptors (Lipinski definition) is 5. The number of rotatable bonds is 9. The summed E-state index contributed by atoms with van der Waals surface area (Å²) >= 11 is 12.2. The molecule has 0 aliphatic carbocycles. The Balaban J connectivity index is 1.95. The third kappa shape index (κ3) is 7.00. The lowest BCUT2D eigenvalue weighted by Crippen LogP contribution is -2.45. The molecule has 3 aromatic rings. The predicted octanol–water partition coefficient (Wildman–Crippen LogP) is 5.44. The van der Waals surface area contributed by atoms with Crippen LogP contribution in [-0.2, 0) is 4.79 Å².